The fourth-order valence-corrected chi connectivity index (χ4v) is 5.22. The number of ether oxygens (including phenoxy) is 1. The molecule has 0 spiro atoms. The number of carbonyl (C=O) groups excluding carboxylic acids is 2. The highest BCUT2D eigenvalue weighted by atomic mass is 32.2. The highest BCUT2D eigenvalue weighted by Gasteiger charge is 2.32. The van der Waals surface area contributed by atoms with E-state index in [4.69, 9.17) is 15.0 Å². The molecule has 0 aliphatic carbocycles. The van der Waals surface area contributed by atoms with Gasteiger partial charge in [-0.25, -0.2) is 13.2 Å². The minimum atomic E-state index is -3.04. The van der Waals surface area contributed by atoms with Crippen molar-refractivity contribution >= 4 is 27.5 Å². The van der Waals surface area contributed by atoms with Crippen molar-refractivity contribution in [1.82, 2.24) is 9.72 Å². The van der Waals surface area contributed by atoms with Crippen LogP contribution < -0.4 is 5.73 Å². The number of carbonyl (C=O) groups is 2. The summed E-state index contributed by atoms with van der Waals surface area (Å²) in [5.74, 6) is -1.11. The second-order valence-corrected chi connectivity index (χ2v) is 8.95. The standard InChI is InChI=1S/C17H21N3O6S/c1-9-6-13(11(3)20(9)12-4-5-27(23,24)8-12)14(21)7-25-17(22)15-10(2)19-26-16(15)18/h6,12H,4-5,7-8,18H2,1-3H3. The van der Waals surface area contributed by atoms with Gasteiger partial charge in [0.1, 0.15) is 5.56 Å². The Morgan fingerprint density at radius 1 is 1.37 bits per heavy atom. The van der Waals surface area contributed by atoms with Gasteiger partial charge in [0.05, 0.1) is 17.2 Å². The number of sulfone groups is 1. The third-order valence-electron chi connectivity index (χ3n) is 4.79. The Kier molecular flexibility index (Phi) is 4.85. The van der Waals surface area contributed by atoms with E-state index in [9.17, 15) is 18.0 Å². The zero-order chi connectivity index (χ0) is 19.9. The molecule has 27 heavy (non-hydrogen) atoms. The molecule has 1 atom stereocenters. The summed E-state index contributed by atoms with van der Waals surface area (Å²) in [6.45, 7) is 4.66. The summed E-state index contributed by atoms with van der Waals surface area (Å²) in [6.07, 6.45) is 0.521. The molecule has 9 nitrogen and oxygen atoms in total. The van der Waals surface area contributed by atoms with Crippen LogP contribution in [0, 0.1) is 20.8 Å². The quantitative estimate of drug-likeness (QED) is 0.593. The fourth-order valence-electron chi connectivity index (χ4n) is 3.52. The van der Waals surface area contributed by atoms with Crippen molar-refractivity contribution in [3.8, 4) is 0 Å². The molecule has 1 unspecified atom stereocenters. The van der Waals surface area contributed by atoms with Crippen LogP contribution in [-0.4, -0.2) is 48.0 Å². The summed E-state index contributed by atoms with van der Waals surface area (Å²) >= 11 is 0. The Hall–Kier alpha value is -2.62. The highest BCUT2D eigenvalue weighted by Crippen LogP contribution is 2.29. The number of esters is 1. The second kappa shape index (κ2) is 6.84. The number of aryl methyl sites for hydroxylation is 2. The lowest BCUT2D eigenvalue weighted by Crippen LogP contribution is -2.17. The second-order valence-electron chi connectivity index (χ2n) is 6.72. The molecule has 1 aliphatic heterocycles. The molecule has 0 aromatic carbocycles. The third kappa shape index (κ3) is 3.61. The number of nitrogen functional groups attached to an aromatic ring is 1. The first-order valence-electron chi connectivity index (χ1n) is 8.41. The number of ketones is 1. The zero-order valence-corrected chi connectivity index (χ0v) is 16.1. The van der Waals surface area contributed by atoms with Gasteiger partial charge in [0, 0.05) is 23.0 Å². The monoisotopic (exact) mass is 395 g/mol. The van der Waals surface area contributed by atoms with Crippen LogP contribution in [0.3, 0.4) is 0 Å². The van der Waals surface area contributed by atoms with Crippen LogP contribution in [0.25, 0.3) is 0 Å². The van der Waals surface area contributed by atoms with Crippen LogP contribution in [0.4, 0.5) is 5.88 Å². The maximum absolute atomic E-state index is 12.5. The predicted octanol–water partition coefficient (Wildman–Crippen LogP) is 1.38. The van der Waals surface area contributed by atoms with Gasteiger partial charge in [-0.15, -0.1) is 0 Å². The number of hydrogen-bond donors (Lipinski definition) is 1. The number of nitrogens with two attached hydrogens (primary N) is 1. The number of anilines is 1. The number of Topliss-reactive ketones (excluding diaryl/α,β-unsaturated/α-hetero) is 1. The van der Waals surface area contributed by atoms with Crippen molar-refractivity contribution in [2.75, 3.05) is 23.8 Å². The fraction of sp³-hybridized carbons (Fsp3) is 0.471. The summed E-state index contributed by atoms with van der Waals surface area (Å²) in [7, 11) is -3.04. The number of aromatic nitrogens is 2. The van der Waals surface area contributed by atoms with E-state index >= 15 is 0 Å². The maximum atomic E-state index is 12.5. The molecule has 0 saturated carbocycles. The van der Waals surface area contributed by atoms with Gasteiger partial charge in [0.15, 0.2) is 16.4 Å². The Labute approximate surface area is 156 Å². The van der Waals surface area contributed by atoms with Crippen LogP contribution in [0.15, 0.2) is 10.6 Å². The molecule has 0 amide bonds. The molecule has 146 valence electrons. The smallest absolute Gasteiger partial charge is 0.346 e. The third-order valence-corrected chi connectivity index (χ3v) is 6.54. The Morgan fingerprint density at radius 3 is 2.63 bits per heavy atom. The first kappa shape index (κ1) is 19.2. The van der Waals surface area contributed by atoms with Gasteiger partial charge in [0.25, 0.3) is 0 Å². The van der Waals surface area contributed by atoms with Crippen LogP contribution in [0.2, 0.25) is 0 Å². The van der Waals surface area contributed by atoms with Gasteiger partial charge in [-0.05, 0) is 33.3 Å². The van der Waals surface area contributed by atoms with E-state index in [2.05, 4.69) is 5.16 Å². The van der Waals surface area contributed by atoms with Gasteiger partial charge in [-0.3, -0.25) is 4.79 Å². The SMILES string of the molecule is Cc1noc(N)c1C(=O)OCC(=O)c1cc(C)n(C2CCS(=O)(=O)C2)c1C. The van der Waals surface area contributed by atoms with E-state index < -0.39 is 22.4 Å². The van der Waals surface area contributed by atoms with Crippen molar-refractivity contribution in [2.24, 2.45) is 0 Å². The summed E-state index contributed by atoms with van der Waals surface area (Å²) in [5, 5.41) is 3.57. The van der Waals surface area contributed by atoms with Crippen LogP contribution in [0.1, 0.15) is 50.3 Å². The van der Waals surface area contributed by atoms with Crippen LogP contribution in [0.5, 0.6) is 0 Å². The number of nitrogens with zero attached hydrogens (tertiary/aromatic N) is 2. The topological polar surface area (TPSA) is 134 Å². The van der Waals surface area contributed by atoms with Crippen molar-refractivity contribution < 1.29 is 27.3 Å². The summed E-state index contributed by atoms with van der Waals surface area (Å²) in [4.78, 5) is 24.6. The number of rotatable bonds is 5. The van der Waals surface area contributed by atoms with Crippen LogP contribution in [-0.2, 0) is 14.6 Å². The lowest BCUT2D eigenvalue weighted by molar-refractivity contribution is 0.0474. The van der Waals surface area contributed by atoms with E-state index in [0.717, 1.165) is 5.69 Å². The molecule has 2 N–H and O–H groups in total. The van der Waals surface area contributed by atoms with Crippen molar-refractivity contribution in [2.45, 2.75) is 33.2 Å². The zero-order valence-electron chi connectivity index (χ0n) is 15.3. The Balaban J connectivity index is 1.74. The van der Waals surface area contributed by atoms with Crippen LogP contribution >= 0.6 is 0 Å². The first-order chi connectivity index (χ1) is 12.6. The van der Waals surface area contributed by atoms with E-state index in [0.29, 0.717) is 17.7 Å². The molecule has 1 saturated heterocycles. The molecule has 0 radical (unpaired) electrons. The normalized spacial score (nSPS) is 18.6. The van der Waals surface area contributed by atoms with Gasteiger partial charge < -0.3 is 19.6 Å². The molecule has 3 rings (SSSR count). The van der Waals surface area contributed by atoms with Gasteiger partial charge in [-0.2, -0.15) is 0 Å². The molecular formula is C17H21N3O6S. The average Bonchev–Trinajstić information content (AvgIpc) is 3.20. The number of hydrogen-bond acceptors (Lipinski definition) is 8. The summed E-state index contributed by atoms with van der Waals surface area (Å²) in [5.41, 5.74) is 7.68. The van der Waals surface area contributed by atoms with Gasteiger partial charge in [-0.1, -0.05) is 5.16 Å². The molecular weight excluding hydrogens is 374 g/mol. The molecule has 0 bridgehead atoms. The maximum Gasteiger partial charge on any atom is 0.346 e. The van der Waals surface area contributed by atoms with Gasteiger partial charge >= 0.3 is 5.97 Å². The van der Waals surface area contributed by atoms with Crippen molar-refractivity contribution in [3.05, 3.63) is 34.3 Å². The summed E-state index contributed by atoms with van der Waals surface area (Å²) < 4.78 is 35.2. The average molecular weight is 395 g/mol. The first-order valence-corrected chi connectivity index (χ1v) is 10.2. The van der Waals surface area contributed by atoms with Gasteiger partial charge in [0.2, 0.25) is 11.7 Å². The molecule has 3 heterocycles. The molecule has 1 aliphatic rings. The molecule has 2 aromatic heterocycles. The minimum Gasteiger partial charge on any atom is -0.453 e. The Morgan fingerprint density at radius 2 is 2.07 bits per heavy atom. The highest BCUT2D eigenvalue weighted by molar-refractivity contribution is 7.91. The predicted molar refractivity (Wildman–Crippen MR) is 96.5 cm³/mol. The Bertz CT molecular complexity index is 998. The lowest BCUT2D eigenvalue weighted by Gasteiger charge is -2.16. The van der Waals surface area contributed by atoms with E-state index in [-0.39, 0.29) is 40.5 Å². The van der Waals surface area contributed by atoms with Crippen molar-refractivity contribution in [3.63, 3.8) is 0 Å². The van der Waals surface area contributed by atoms with Crippen molar-refractivity contribution in [1.29, 1.82) is 0 Å². The molecule has 1 fully saturated rings. The molecule has 10 heteroatoms. The van der Waals surface area contributed by atoms with E-state index in [1.807, 2.05) is 11.5 Å². The summed E-state index contributed by atoms with van der Waals surface area (Å²) in [6, 6.07) is 1.51. The largest absolute Gasteiger partial charge is 0.453 e. The molecule has 2 aromatic rings. The minimum absolute atomic E-state index is 0.00411. The lowest BCUT2D eigenvalue weighted by atomic mass is 10.1. The van der Waals surface area contributed by atoms with E-state index in [1.54, 1.807) is 19.9 Å². The van der Waals surface area contributed by atoms with E-state index in [1.165, 1.54) is 0 Å².